The summed E-state index contributed by atoms with van der Waals surface area (Å²) in [5, 5.41) is 10.00. The Morgan fingerprint density at radius 2 is 2.18 bits per heavy atom. The summed E-state index contributed by atoms with van der Waals surface area (Å²) in [5.74, 6) is 0.570. The van der Waals surface area contributed by atoms with E-state index in [4.69, 9.17) is 4.42 Å². The zero-order valence-corrected chi connectivity index (χ0v) is 12.7. The van der Waals surface area contributed by atoms with Crippen molar-refractivity contribution in [3.63, 3.8) is 0 Å². The van der Waals surface area contributed by atoms with Gasteiger partial charge in [0, 0.05) is 18.5 Å². The van der Waals surface area contributed by atoms with Crippen molar-refractivity contribution in [1.29, 1.82) is 0 Å². The Labute approximate surface area is 131 Å². The van der Waals surface area contributed by atoms with E-state index in [1.54, 1.807) is 6.20 Å². The number of hydrogen-bond donors (Lipinski definition) is 1. The van der Waals surface area contributed by atoms with Crippen LogP contribution in [0, 0.1) is 6.92 Å². The fourth-order valence-corrected chi connectivity index (χ4v) is 2.93. The molecule has 2 aromatic heterocycles. The second-order valence-electron chi connectivity index (χ2n) is 4.75. The first kappa shape index (κ1) is 14.5. The third-order valence-electron chi connectivity index (χ3n) is 3.19. The van der Waals surface area contributed by atoms with Crippen LogP contribution in [0.5, 0.6) is 5.75 Å². The topological polar surface area (TPSA) is 68.3 Å². The van der Waals surface area contributed by atoms with Gasteiger partial charge in [-0.3, -0.25) is 9.36 Å². The van der Waals surface area contributed by atoms with E-state index in [-0.39, 0.29) is 5.75 Å². The molecule has 0 aliphatic heterocycles. The predicted octanol–water partition coefficient (Wildman–Crippen LogP) is 3.13. The molecule has 5 nitrogen and oxygen atoms in total. The van der Waals surface area contributed by atoms with Crippen LogP contribution in [-0.2, 0) is 5.75 Å². The molecule has 0 aliphatic carbocycles. The molecular weight excluding hydrogens is 300 g/mol. The number of aryl methyl sites for hydroxylation is 1. The van der Waals surface area contributed by atoms with E-state index in [2.05, 4.69) is 4.98 Å². The SMILES string of the molecule is Cc1ccccc1-n1ccnc1SCc1cc(=O)c(O)co1. The number of aromatic nitrogens is 2. The highest BCUT2D eigenvalue weighted by atomic mass is 32.2. The highest BCUT2D eigenvalue weighted by molar-refractivity contribution is 7.98. The maximum atomic E-state index is 11.4. The summed E-state index contributed by atoms with van der Waals surface area (Å²) in [6, 6.07) is 9.34. The summed E-state index contributed by atoms with van der Waals surface area (Å²) in [5.41, 5.74) is 1.78. The summed E-state index contributed by atoms with van der Waals surface area (Å²) in [7, 11) is 0. The summed E-state index contributed by atoms with van der Waals surface area (Å²) >= 11 is 1.46. The smallest absolute Gasteiger partial charge is 0.226 e. The van der Waals surface area contributed by atoms with Crippen LogP contribution in [0.3, 0.4) is 0 Å². The quantitative estimate of drug-likeness (QED) is 0.749. The normalized spacial score (nSPS) is 10.8. The molecule has 0 bridgehead atoms. The van der Waals surface area contributed by atoms with Crippen LogP contribution in [0.2, 0.25) is 0 Å². The van der Waals surface area contributed by atoms with Crippen molar-refractivity contribution < 1.29 is 9.52 Å². The number of imidazole rings is 1. The first-order valence-corrected chi connectivity index (χ1v) is 7.66. The first-order chi connectivity index (χ1) is 10.6. The molecule has 3 aromatic rings. The third-order valence-corrected chi connectivity index (χ3v) is 4.18. The molecule has 0 aliphatic rings. The van der Waals surface area contributed by atoms with E-state index < -0.39 is 5.43 Å². The fraction of sp³-hybridized carbons (Fsp3) is 0.125. The Morgan fingerprint density at radius 1 is 1.36 bits per heavy atom. The van der Waals surface area contributed by atoms with Gasteiger partial charge in [-0.05, 0) is 18.6 Å². The molecule has 3 rings (SSSR count). The molecule has 0 unspecified atom stereocenters. The standard InChI is InChI=1S/C16H14N2O3S/c1-11-4-2-3-5-13(11)18-7-6-17-16(18)22-10-12-8-14(19)15(20)9-21-12/h2-9,20H,10H2,1H3. The minimum Gasteiger partial charge on any atom is -0.502 e. The van der Waals surface area contributed by atoms with Crippen LogP contribution in [0.4, 0.5) is 0 Å². The first-order valence-electron chi connectivity index (χ1n) is 6.68. The Kier molecular flexibility index (Phi) is 4.02. The molecule has 0 radical (unpaired) electrons. The van der Waals surface area contributed by atoms with Crippen molar-refractivity contribution in [1.82, 2.24) is 9.55 Å². The number of para-hydroxylation sites is 1. The summed E-state index contributed by atoms with van der Waals surface area (Å²) in [4.78, 5) is 15.7. The lowest BCUT2D eigenvalue weighted by atomic mass is 10.2. The van der Waals surface area contributed by atoms with Crippen LogP contribution < -0.4 is 5.43 Å². The van der Waals surface area contributed by atoms with Crippen molar-refractivity contribution >= 4 is 11.8 Å². The molecular formula is C16H14N2O3S. The van der Waals surface area contributed by atoms with Crippen molar-refractivity contribution in [2.75, 3.05) is 0 Å². The molecule has 6 heteroatoms. The lowest BCUT2D eigenvalue weighted by molar-refractivity contribution is 0.419. The van der Waals surface area contributed by atoms with Crippen molar-refractivity contribution in [2.24, 2.45) is 0 Å². The molecule has 0 atom stereocenters. The van der Waals surface area contributed by atoms with Crippen molar-refractivity contribution in [3.05, 3.63) is 70.5 Å². The second-order valence-corrected chi connectivity index (χ2v) is 5.69. The average molecular weight is 314 g/mol. The molecule has 1 aromatic carbocycles. The molecule has 0 saturated carbocycles. The van der Waals surface area contributed by atoms with Crippen molar-refractivity contribution in [3.8, 4) is 11.4 Å². The van der Waals surface area contributed by atoms with E-state index in [0.29, 0.717) is 11.5 Å². The number of nitrogens with zero attached hydrogens (tertiary/aromatic N) is 2. The van der Waals surface area contributed by atoms with Gasteiger partial charge in [0.2, 0.25) is 5.43 Å². The number of thioether (sulfide) groups is 1. The lowest BCUT2D eigenvalue weighted by Crippen LogP contribution is -2.00. The minimum absolute atomic E-state index is 0.379. The molecule has 0 spiro atoms. The van der Waals surface area contributed by atoms with Gasteiger partial charge in [-0.2, -0.15) is 0 Å². The highest BCUT2D eigenvalue weighted by Gasteiger charge is 2.09. The monoisotopic (exact) mass is 314 g/mol. The minimum atomic E-state index is -0.441. The van der Waals surface area contributed by atoms with Gasteiger partial charge >= 0.3 is 0 Å². The Balaban J connectivity index is 1.82. The van der Waals surface area contributed by atoms with Crippen LogP contribution in [0.15, 0.2) is 63.4 Å². The predicted molar refractivity (Wildman–Crippen MR) is 84.5 cm³/mol. The maximum Gasteiger partial charge on any atom is 0.226 e. The van der Waals surface area contributed by atoms with E-state index in [0.717, 1.165) is 22.7 Å². The van der Waals surface area contributed by atoms with Gasteiger partial charge in [0.05, 0.1) is 11.4 Å². The van der Waals surface area contributed by atoms with E-state index in [1.807, 2.05) is 42.0 Å². The zero-order valence-electron chi connectivity index (χ0n) is 11.9. The largest absolute Gasteiger partial charge is 0.502 e. The maximum absolute atomic E-state index is 11.4. The lowest BCUT2D eigenvalue weighted by Gasteiger charge is -2.09. The summed E-state index contributed by atoms with van der Waals surface area (Å²) in [6.45, 7) is 2.04. The zero-order chi connectivity index (χ0) is 15.5. The van der Waals surface area contributed by atoms with Crippen LogP contribution >= 0.6 is 11.8 Å². The number of rotatable bonds is 4. The number of benzene rings is 1. The van der Waals surface area contributed by atoms with Crippen LogP contribution in [0.25, 0.3) is 5.69 Å². The fourth-order valence-electron chi connectivity index (χ4n) is 2.07. The molecule has 0 fully saturated rings. The molecule has 0 amide bonds. The van der Waals surface area contributed by atoms with E-state index >= 15 is 0 Å². The van der Waals surface area contributed by atoms with Gasteiger partial charge in [-0.15, -0.1) is 0 Å². The third kappa shape index (κ3) is 2.92. The van der Waals surface area contributed by atoms with E-state index in [9.17, 15) is 9.90 Å². The Morgan fingerprint density at radius 3 is 2.95 bits per heavy atom. The highest BCUT2D eigenvalue weighted by Crippen LogP contribution is 2.25. The number of hydrogen-bond acceptors (Lipinski definition) is 5. The molecule has 112 valence electrons. The van der Waals surface area contributed by atoms with Gasteiger partial charge in [0.15, 0.2) is 10.9 Å². The van der Waals surface area contributed by atoms with Gasteiger partial charge in [0.25, 0.3) is 0 Å². The van der Waals surface area contributed by atoms with Crippen LogP contribution in [-0.4, -0.2) is 14.7 Å². The molecule has 1 N–H and O–H groups in total. The molecule has 2 heterocycles. The van der Waals surface area contributed by atoms with Crippen molar-refractivity contribution in [2.45, 2.75) is 17.8 Å². The summed E-state index contributed by atoms with van der Waals surface area (Å²) in [6.07, 6.45) is 4.70. The van der Waals surface area contributed by atoms with Gasteiger partial charge < -0.3 is 9.52 Å². The average Bonchev–Trinajstić information content (AvgIpc) is 2.97. The van der Waals surface area contributed by atoms with Crippen LogP contribution in [0.1, 0.15) is 11.3 Å². The Hall–Kier alpha value is -2.47. The molecule has 22 heavy (non-hydrogen) atoms. The Bertz CT molecular complexity index is 854. The van der Waals surface area contributed by atoms with Gasteiger partial charge in [-0.25, -0.2) is 4.98 Å². The second kappa shape index (κ2) is 6.11. The molecule has 0 saturated heterocycles. The summed E-state index contributed by atoms with van der Waals surface area (Å²) < 4.78 is 7.20. The van der Waals surface area contributed by atoms with Gasteiger partial charge in [-0.1, -0.05) is 30.0 Å². The van der Waals surface area contributed by atoms with Gasteiger partial charge in [0.1, 0.15) is 12.0 Å². The van der Waals surface area contributed by atoms with E-state index in [1.165, 1.54) is 17.8 Å². The number of aromatic hydroxyl groups is 1.